The number of guanidine groups is 1. The van der Waals surface area contributed by atoms with Gasteiger partial charge in [0.2, 0.25) is 0 Å². The predicted octanol–water partition coefficient (Wildman–Crippen LogP) is 1.38. The molecule has 0 aromatic rings. The first-order chi connectivity index (χ1) is 11.2. The molecule has 0 aromatic heterocycles. The summed E-state index contributed by atoms with van der Waals surface area (Å²) in [6.07, 6.45) is 6.53. The Bertz CT molecular complexity index is 533. The summed E-state index contributed by atoms with van der Waals surface area (Å²) in [5.41, 5.74) is 0. The van der Waals surface area contributed by atoms with Crippen molar-refractivity contribution in [3.63, 3.8) is 0 Å². The number of hydrogen-bond donors (Lipinski definition) is 2. The lowest BCUT2D eigenvalue weighted by Gasteiger charge is -2.24. The van der Waals surface area contributed by atoms with Crippen LogP contribution in [0.25, 0.3) is 0 Å². The summed E-state index contributed by atoms with van der Waals surface area (Å²) in [5.74, 6) is 0.827. The van der Waals surface area contributed by atoms with Crippen LogP contribution in [0, 0.1) is 0 Å². The number of nitrogens with zero attached hydrogens (tertiary/aromatic N) is 2. The third kappa shape index (κ3) is 5.09. The first-order valence-corrected chi connectivity index (χ1v) is 10.8. The summed E-state index contributed by atoms with van der Waals surface area (Å²) in [6.45, 7) is 7.82. The van der Waals surface area contributed by atoms with Gasteiger partial charge in [-0.05, 0) is 40.0 Å². The Morgan fingerprint density at radius 3 is 2.46 bits per heavy atom. The van der Waals surface area contributed by atoms with E-state index in [0.29, 0.717) is 18.5 Å². The van der Waals surface area contributed by atoms with Crippen molar-refractivity contribution in [3.05, 3.63) is 0 Å². The molecule has 6 nitrogen and oxygen atoms in total. The molecule has 2 N–H and O–H groups in total. The number of likely N-dealkylation sites (tertiary alicyclic amines) is 1. The number of hydrogen-bond acceptors (Lipinski definition) is 4. The van der Waals surface area contributed by atoms with E-state index in [1.165, 1.54) is 25.7 Å². The molecule has 0 radical (unpaired) electrons. The Labute approximate surface area is 147 Å². The van der Waals surface area contributed by atoms with Crippen molar-refractivity contribution < 1.29 is 8.42 Å². The molecule has 0 aromatic carbocycles. The van der Waals surface area contributed by atoms with E-state index in [1.54, 1.807) is 27.8 Å². The molecular weight excluding hydrogens is 324 g/mol. The van der Waals surface area contributed by atoms with E-state index in [0.717, 1.165) is 25.6 Å². The Hall–Kier alpha value is -0.820. The average molecular weight is 359 g/mol. The maximum Gasteiger partial charge on any atom is 0.191 e. The second kappa shape index (κ2) is 8.04. The van der Waals surface area contributed by atoms with Gasteiger partial charge in [-0.2, -0.15) is 0 Å². The fourth-order valence-electron chi connectivity index (χ4n) is 3.50. The lowest BCUT2D eigenvalue weighted by Crippen LogP contribution is -2.47. The number of sulfone groups is 1. The maximum atomic E-state index is 12.1. The molecule has 1 aliphatic heterocycles. The van der Waals surface area contributed by atoms with Crippen LogP contribution in [-0.4, -0.2) is 68.5 Å². The highest BCUT2D eigenvalue weighted by molar-refractivity contribution is 7.92. The highest BCUT2D eigenvalue weighted by Gasteiger charge is 2.31. The molecule has 1 heterocycles. The van der Waals surface area contributed by atoms with Gasteiger partial charge < -0.3 is 10.6 Å². The van der Waals surface area contributed by atoms with Gasteiger partial charge in [0.25, 0.3) is 0 Å². The Kier molecular flexibility index (Phi) is 6.53. The molecule has 1 aliphatic carbocycles. The monoisotopic (exact) mass is 358 g/mol. The summed E-state index contributed by atoms with van der Waals surface area (Å²) in [5, 5.41) is 6.60. The third-order valence-corrected chi connectivity index (χ3v) is 7.83. The predicted molar refractivity (Wildman–Crippen MR) is 100 cm³/mol. The fourth-order valence-corrected chi connectivity index (χ4v) is 4.49. The molecule has 1 unspecified atom stereocenters. The van der Waals surface area contributed by atoms with Gasteiger partial charge >= 0.3 is 0 Å². The summed E-state index contributed by atoms with van der Waals surface area (Å²) in [7, 11) is -1.37. The molecule has 2 rings (SSSR count). The standard InChI is InChI=1S/C17H34N4O2S/c1-17(2,3)24(22,23)12-10-19-16(18-4)20-14-9-11-21(13-14)15-7-5-6-8-15/h14-15H,5-13H2,1-4H3,(H2,18,19,20). The minimum atomic E-state index is -3.10. The van der Waals surface area contributed by atoms with Crippen LogP contribution < -0.4 is 10.6 Å². The van der Waals surface area contributed by atoms with E-state index in [1.807, 2.05) is 0 Å². The topological polar surface area (TPSA) is 73.8 Å². The normalized spacial score (nSPS) is 24.5. The van der Waals surface area contributed by atoms with Gasteiger partial charge in [0.1, 0.15) is 0 Å². The Morgan fingerprint density at radius 2 is 1.88 bits per heavy atom. The van der Waals surface area contributed by atoms with Crippen LogP contribution in [0.2, 0.25) is 0 Å². The van der Waals surface area contributed by atoms with Gasteiger partial charge in [0.05, 0.1) is 10.5 Å². The van der Waals surface area contributed by atoms with Crippen molar-refractivity contribution in [1.29, 1.82) is 0 Å². The summed E-state index contributed by atoms with van der Waals surface area (Å²) in [6, 6.07) is 1.17. The van der Waals surface area contributed by atoms with Crippen molar-refractivity contribution in [1.82, 2.24) is 15.5 Å². The van der Waals surface area contributed by atoms with E-state index in [4.69, 9.17) is 0 Å². The molecule has 7 heteroatoms. The second-order valence-electron chi connectivity index (χ2n) is 7.99. The lowest BCUT2D eigenvalue weighted by molar-refractivity contribution is 0.242. The molecule has 140 valence electrons. The molecular formula is C17H34N4O2S. The fraction of sp³-hybridized carbons (Fsp3) is 0.941. The van der Waals surface area contributed by atoms with Crippen LogP contribution in [0.15, 0.2) is 4.99 Å². The van der Waals surface area contributed by atoms with Crippen LogP contribution in [-0.2, 0) is 9.84 Å². The number of rotatable bonds is 5. The molecule has 0 spiro atoms. The van der Waals surface area contributed by atoms with E-state index in [2.05, 4.69) is 20.5 Å². The van der Waals surface area contributed by atoms with Crippen molar-refractivity contribution in [2.24, 2.45) is 4.99 Å². The van der Waals surface area contributed by atoms with Gasteiger partial charge in [-0.1, -0.05) is 12.8 Å². The van der Waals surface area contributed by atoms with Gasteiger partial charge in [-0.15, -0.1) is 0 Å². The van der Waals surface area contributed by atoms with Gasteiger partial charge in [-0.3, -0.25) is 9.89 Å². The Morgan fingerprint density at radius 1 is 1.21 bits per heavy atom. The van der Waals surface area contributed by atoms with Crippen LogP contribution >= 0.6 is 0 Å². The largest absolute Gasteiger partial charge is 0.355 e. The molecule has 24 heavy (non-hydrogen) atoms. The highest BCUT2D eigenvalue weighted by Crippen LogP contribution is 2.26. The van der Waals surface area contributed by atoms with Crippen LogP contribution in [0.4, 0.5) is 0 Å². The SMILES string of the molecule is CN=C(NCCS(=O)(=O)C(C)(C)C)NC1CCN(C2CCCC2)C1. The molecule has 0 amide bonds. The third-order valence-electron chi connectivity index (χ3n) is 5.22. The number of aliphatic imine (C=N–C) groups is 1. The smallest absolute Gasteiger partial charge is 0.191 e. The zero-order chi connectivity index (χ0) is 17.8. The van der Waals surface area contributed by atoms with E-state index < -0.39 is 14.6 Å². The van der Waals surface area contributed by atoms with E-state index in [-0.39, 0.29) is 5.75 Å². The highest BCUT2D eigenvalue weighted by atomic mass is 32.2. The summed E-state index contributed by atoms with van der Waals surface area (Å²) in [4.78, 5) is 6.84. The van der Waals surface area contributed by atoms with E-state index in [9.17, 15) is 8.42 Å². The van der Waals surface area contributed by atoms with Gasteiger partial charge in [-0.25, -0.2) is 8.42 Å². The minimum Gasteiger partial charge on any atom is -0.355 e. The molecule has 1 atom stereocenters. The first-order valence-electron chi connectivity index (χ1n) is 9.16. The maximum absolute atomic E-state index is 12.1. The summed E-state index contributed by atoms with van der Waals surface area (Å²) >= 11 is 0. The van der Waals surface area contributed by atoms with E-state index >= 15 is 0 Å². The minimum absolute atomic E-state index is 0.121. The Balaban J connectivity index is 1.75. The molecule has 2 aliphatic rings. The van der Waals surface area contributed by atoms with Crippen LogP contribution in [0.5, 0.6) is 0 Å². The second-order valence-corrected chi connectivity index (χ2v) is 10.9. The quantitative estimate of drug-likeness (QED) is 0.574. The first kappa shape index (κ1) is 19.5. The van der Waals surface area contributed by atoms with Crippen molar-refractivity contribution in [3.8, 4) is 0 Å². The van der Waals surface area contributed by atoms with Gasteiger partial charge in [0, 0.05) is 38.8 Å². The molecule has 1 saturated carbocycles. The van der Waals surface area contributed by atoms with Crippen molar-refractivity contribution in [2.75, 3.05) is 32.4 Å². The average Bonchev–Trinajstić information content (AvgIpc) is 3.15. The zero-order valence-corrected chi connectivity index (χ0v) is 16.5. The van der Waals surface area contributed by atoms with Crippen molar-refractivity contribution in [2.45, 2.75) is 69.7 Å². The van der Waals surface area contributed by atoms with Crippen LogP contribution in [0.3, 0.4) is 0 Å². The van der Waals surface area contributed by atoms with Gasteiger partial charge in [0.15, 0.2) is 15.8 Å². The van der Waals surface area contributed by atoms with Crippen LogP contribution in [0.1, 0.15) is 52.9 Å². The zero-order valence-electron chi connectivity index (χ0n) is 15.6. The van der Waals surface area contributed by atoms with Crippen molar-refractivity contribution >= 4 is 15.8 Å². The summed E-state index contributed by atoms with van der Waals surface area (Å²) < 4.78 is 23.6. The lowest BCUT2D eigenvalue weighted by atomic mass is 10.2. The molecule has 0 bridgehead atoms. The molecule has 2 fully saturated rings. The number of nitrogens with one attached hydrogen (secondary N) is 2. The molecule has 1 saturated heterocycles.